The molecule has 0 aliphatic carbocycles. The topological polar surface area (TPSA) is 78.4 Å². The molecule has 0 spiro atoms. The number of para-hydroxylation sites is 1. The third-order valence-electron chi connectivity index (χ3n) is 7.84. The molecule has 3 aromatic carbocycles. The molecule has 5 rings (SSSR count). The SMILES string of the molecule is CC(C)c1ccc(Nc2nc(C(C)N3CCN(S(=O)(=O)c4ccc(C(C)C)cc4)CC3)nc3ccccc23)cc1. The standard InChI is InChI=1S/C32H39N5O2S/c1-22(2)25-10-14-27(15-11-25)33-32-29-8-6-7-9-30(29)34-31(35-32)24(5)36-18-20-37(21-19-36)40(38,39)28-16-12-26(13-17-28)23(3)4/h6-17,22-24H,18-21H2,1-5H3,(H,33,34,35). The Kier molecular flexibility index (Phi) is 8.21. The summed E-state index contributed by atoms with van der Waals surface area (Å²) in [7, 11) is -3.53. The van der Waals surface area contributed by atoms with Crippen molar-refractivity contribution in [2.75, 3.05) is 31.5 Å². The molecule has 2 heterocycles. The lowest BCUT2D eigenvalue weighted by molar-refractivity contribution is 0.141. The molecule has 0 bridgehead atoms. The number of aromatic nitrogens is 2. The summed E-state index contributed by atoms with van der Waals surface area (Å²) in [6.07, 6.45) is 0. The first kappa shape index (κ1) is 28.2. The van der Waals surface area contributed by atoms with Crippen molar-refractivity contribution < 1.29 is 8.42 Å². The van der Waals surface area contributed by atoms with Gasteiger partial charge in [0, 0.05) is 37.3 Å². The fraction of sp³-hybridized carbons (Fsp3) is 0.375. The van der Waals surface area contributed by atoms with E-state index in [9.17, 15) is 8.42 Å². The summed E-state index contributed by atoms with van der Waals surface area (Å²) in [5.74, 6) is 2.33. The second-order valence-corrected chi connectivity index (χ2v) is 13.1. The molecule has 7 nitrogen and oxygen atoms in total. The first-order valence-electron chi connectivity index (χ1n) is 14.1. The van der Waals surface area contributed by atoms with Crippen molar-refractivity contribution in [2.45, 2.75) is 57.4 Å². The molecule has 1 atom stereocenters. The van der Waals surface area contributed by atoms with E-state index in [0.717, 1.165) is 33.8 Å². The van der Waals surface area contributed by atoms with E-state index in [1.807, 2.05) is 36.4 Å². The van der Waals surface area contributed by atoms with Crippen molar-refractivity contribution in [3.05, 3.63) is 89.7 Å². The average Bonchev–Trinajstić information content (AvgIpc) is 2.97. The number of piperazine rings is 1. The minimum Gasteiger partial charge on any atom is -0.340 e. The Hall–Kier alpha value is -3.33. The minimum atomic E-state index is -3.53. The number of nitrogens with one attached hydrogen (secondary N) is 1. The van der Waals surface area contributed by atoms with Gasteiger partial charge in [0.05, 0.1) is 16.5 Å². The maximum atomic E-state index is 13.3. The van der Waals surface area contributed by atoms with Gasteiger partial charge in [-0.15, -0.1) is 0 Å². The van der Waals surface area contributed by atoms with Crippen molar-refractivity contribution in [3.63, 3.8) is 0 Å². The molecule has 0 saturated carbocycles. The Labute approximate surface area is 238 Å². The second kappa shape index (κ2) is 11.6. The molecule has 1 fully saturated rings. The normalized spacial score (nSPS) is 16.1. The van der Waals surface area contributed by atoms with Crippen molar-refractivity contribution in [2.24, 2.45) is 0 Å². The summed E-state index contributed by atoms with van der Waals surface area (Å²) < 4.78 is 28.2. The molecule has 210 valence electrons. The maximum absolute atomic E-state index is 13.3. The molecular weight excluding hydrogens is 518 g/mol. The Morgan fingerprint density at radius 3 is 1.90 bits per heavy atom. The van der Waals surface area contributed by atoms with Crippen LogP contribution in [0.15, 0.2) is 77.7 Å². The molecule has 0 radical (unpaired) electrons. The summed E-state index contributed by atoms with van der Waals surface area (Å²) in [5.41, 5.74) is 4.29. The molecule has 0 amide bonds. The molecule has 8 heteroatoms. The quantitative estimate of drug-likeness (QED) is 0.260. The minimum absolute atomic E-state index is 0.0661. The lowest BCUT2D eigenvalue weighted by Crippen LogP contribution is -2.49. The lowest BCUT2D eigenvalue weighted by Gasteiger charge is -2.37. The van der Waals surface area contributed by atoms with Gasteiger partial charge in [-0.05, 0) is 66.3 Å². The van der Waals surface area contributed by atoms with Crippen LogP contribution < -0.4 is 5.32 Å². The van der Waals surface area contributed by atoms with Gasteiger partial charge in [0.2, 0.25) is 10.0 Å². The number of hydrogen-bond donors (Lipinski definition) is 1. The maximum Gasteiger partial charge on any atom is 0.243 e. The molecule has 1 unspecified atom stereocenters. The highest BCUT2D eigenvalue weighted by Gasteiger charge is 2.31. The predicted molar refractivity (Wildman–Crippen MR) is 163 cm³/mol. The Morgan fingerprint density at radius 2 is 1.30 bits per heavy atom. The van der Waals surface area contributed by atoms with Crippen LogP contribution in [0.25, 0.3) is 10.9 Å². The van der Waals surface area contributed by atoms with Gasteiger partial charge >= 0.3 is 0 Å². The first-order valence-corrected chi connectivity index (χ1v) is 15.6. The van der Waals surface area contributed by atoms with Gasteiger partial charge < -0.3 is 5.32 Å². The Balaban J connectivity index is 1.33. The van der Waals surface area contributed by atoms with E-state index in [4.69, 9.17) is 9.97 Å². The molecule has 1 N–H and O–H groups in total. The summed E-state index contributed by atoms with van der Waals surface area (Å²) in [5, 5.41) is 4.47. The van der Waals surface area contributed by atoms with Crippen LogP contribution in [0, 0.1) is 0 Å². The van der Waals surface area contributed by atoms with Gasteiger partial charge in [-0.25, -0.2) is 18.4 Å². The van der Waals surface area contributed by atoms with Crippen molar-refractivity contribution in [3.8, 4) is 0 Å². The van der Waals surface area contributed by atoms with Crippen molar-refractivity contribution in [1.29, 1.82) is 0 Å². The fourth-order valence-corrected chi connectivity index (χ4v) is 6.56. The van der Waals surface area contributed by atoms with Crippen LogP contribution in [0.2, 0.25) is 0 Å². The van der Waals surface area contributed by atoms with Crippen LogP contribution in [0.3, 0.4) is 0 Å². The van der Waals surface area contributed by atoms with Crippen LogP contribution >= 0.6 is 0 Å². The van der Waals surface area contributed by atoms with Crippen LogP contribution in [-0.4, -0.2) is 53.8 Å². The second-order valence-electron chi connectivity index (χ2n) is 11.2. The lowest BCUT2D eigenvalue weighted by atomic mass is 10.0. The number of rotatable bonds is 8. The van der Waals surface area contributed by atoms with Gasteiger partial charge in [-0.1, -0.05) is 64.1 Å². The third kappa shape index (κ3) is 5.89. The summed E-state index contributed by atoms with van der Waals surface area (Å²) in [6.45, 7) is 12.8. The predicted octanol–water partition coefficient (Wildman–Crippen LogP) is 6.69. The van der Waals surface area contributed by atoms with Gasteiger partial charge in [-0.2, -0.15) is 4.31 Å². The van der Waals surface area contributed by atoms with Gasteiger partial charge in [0.25, 0.3) is 0 Å². The van der Waals surface area contributed by atoms with Crippen molar-refractivity contribution >= 4 is 32.4 Å². The molecule has 40 heavy (non-hydrogen) atoms. The highest BCUT2D eigenvalue weighted by atomic mass is 32.2. The van der Waals surface area contributed by atoms with Crippen LogP contribution in [0.4, 0.5) is 11.5 Å². The Morgan fingerprint density at radius 1 is 0.725 bits per heavy atom. The molecule has 4 aromatic rings. The highest BCUT2D eigenvalue weighted by Crippen LogP contribution is 2.29. The number of hydrogen-bond acceptors (Lipinski definition) is 6. The zero-order valence-corrected chi connectivity index (χ0v) is 24.8. The molecule has 1 saturated heterocycles. The number of fused-ring (bicyclic) bond motifs is 1. The van der Waals surface area contributed by atoms with E-state index in [2.05, 4.69) is 69.1 Å². The first-order chi connectivity index (χ1) is 19.1. The largest absolute Gasteiger partial charge is 0.340 e. The molecule has 1 aliphatic heterocycles. The fourth-order valence-electron chi connectivity index (χ4n) is 5.13. The van der Waals surface area contributed by atoms with Crippen LogP contribution in [0.1, 0.15) is 69.4 Å². The monoisotopic (exact) mass is 557 g/mol. The van der Waals surface area contributed by atoms with E-state index in [1.54, 1.807) is 16.4 Å². The highest BCUT2D eigenvalue weighted by molar-refractivity contribution is 7.89. The van der Waals surface area contributed by atoms with E-state index in [1.165, 1.54) is 5.56 Å². The Bertz CT molecular complexity index is 1560. The van der Waals surface area contributed by atoms with Gasteiger partial charge in [0.15, 0.2) is 0 Å². The van der Waals surface area contributed by atoms with Crippen molar-refractivity contribution in [1.82, 2.24) is 19.2 Å². The molecule has 1 aromatic heterocycles. The number of benzene rings is 3. The zero-order valence-electron chi connectivity index (χ0n) is 24.0. The molecule has 1 aliphatic rings. The zero-order chi connectivity index (χ0) is 28.4. The van der Waals surface area contributed by atoms with E-state index >= 15 is 0 Å². The number of nitrogens with zero attached hydrogens (tertiary/aromatic N) is 4. The average molecular weight is 558 g/mol. The summed E-state index contributed by atoms with van der Waals surface area (Å²) in [4.78, 5) is 12.5. The smallest absolute Gasteiger partial charge is 0.243 e. The van der Waals surface area contributed by atoms with Crippen LogP contribution in [-0.2, 0) is 10.0 Å². The summed E-state index contributed by atoms with van der Waals surface area (Å²) in [6, 6.07) is 23.7. The van der Waals surface area contributed by atoms with Gasteiger partial charge in [0.1, 0.15) is 11.6 Å². The van der Waals surface area contributed by atoms with E-state index in [-0.39, 0.29) is 6.04 Å². The third-order valence-corrected chi connectivity index (χ3v) is 9.75. The number of sulfonamides is 1. The molecular formula is C32H39N5O2S. The van der Waals surface area contributed by atoms with E-state index in [0.29, 0.717) is 42.9 Å². The van der Waals surface area contributed by atoms with E-state index < -0.39 is 10.0 Å². The summed E-state index contributed by atoms with van der Waals surface area (Å²) >= 11 is 0. The van der Waals surface area contributed by atoms with Gasteiger partial charge in [-0.3, -0.25) is 4.90 Å². The van der Waals surface area contributed by atoms with Crippen LogP contribution in [0.5, 0.6) is 0 Å². The number of anilines is 2.